The van der Waals surface area contributed by atoms with Crippen molar-refractivity contribution in [1.82, 2.24) is 4.90 Å². The Morgan fingerprint density at radius 3 is 2.53 bits per heavy atom. The quantitative estimate of drug-likeness (QED) is 0.743. The maximum Gasteiger partial charge on any atom is 0.308 e. The monoisotopic (exact) mass is 237 g/mol. The minimum Gasteiger partial charge on any atom is -0.481 e. The fraction of sp³-hybridized carbons (Fsp3) is 0.692. The van der Waals surface area contributed by atoms with Crippen LogP contribution in [-0.4, -0.2) is 34.5 Å². The Bertz CT molecular complexity index is 343. The van der Waals surface area contributed by atoms with Crippen molar-refractivity contribution in [3.63, 3.8) is 0 Å². The normalized spacial score (nSPS) is 29.6. The molecule has 1 N–H and O–H groups in total. The number of allylic oxidation sites excluding steroid dienone is 2. The molecule has 4 nitrogen and oxygen atoms in total. The van der Waals surface area contributed by atoms with Crippen LogP contribution in [-0.2, 0) is 9.59 Å². The van der Waals surface area contributed by atoms with Gasteiger partial charge in [-0.15, -0.1) is 0 Å². The Labute approximate surface area is 101 Å². The molecule has 0 bridgehead atoms. The number of hydrogen-bond acceptors (Lipinski definition) is 2. The van der Waals surface area contributed by atoms with Crippen LogP contribution in [0.25, 0.3) is 0 Å². The summed E-state index contributed by atoms with van der Waals surface area (Å²) in [5.74, 6) is -1.000. The summed E-state index contributed by atoms with van der Waals surface area (Å²) >= 11 is 0. The van der Waals surface area contributed by atoms with E-state index in [2.05, 4.69) is 0 Å². The van der Waals surface area contributed by atoms with E-state index in [0.717, 1.165) is 19.3 Å². The van der Waals surface area contributed by atoms with Gasteiger partial charge in [0.15, 0.2) is 0 Å². The number of carbonyl (C=O) groups is 2. The van der Waals surface area contributed by atoms with Crippen molar-refractivity contribution in [1.29, 1.82) is 0 Å². The van der Waals surface area contributed by atoms with Gasteiger partial charge < -0.3 is 10.0 Å². The summed E-state index contributed by atoms with van der Waals surface area (Å²) < 4.78 is 0. The number of hydrogen-bond donors (Lipinski definition) is 1. The Hall–Kier alpha value is -1.32. The molecule has 1 fully saturated rings. The largest absolute Gasteiger partial charge is 0.481 e. The van der Waals surface area contributed by atoms with E-state index in [1.165, 1.54) is 0 Å². The molecule has 94 valence electrons. The van der Waals surface area contributed by atoms with E-state index in [0.29, 0.717) is 13.0 Å². The highest BCUT2D eigenvalue weighted by atomic mass is 16.4. The predicted octanol–water partition coefficient (Wildman–Crippen LogP) is 1.66. The minimum absolute atomic E-state index is 0.0463. The van der Waals surface area contributed by atoms with Crippen molar-refractivity contribution < 1.29 is 14.7 Å². The van der Waals surface area contributed by atoms with Crippen molar-refractivity contribution >= 4 is 11.9 Å². The zero-order valence-electron chi connectivity index (χ0n) is 10.1. The Morgan fingerprint density at radius 2 is 1.94 bits per heavy atom. The van der Waals surface area contributed by atoms with E-state index in [-0.39, 0.29) is 17.9 Å². The maximum atomic E-state index is 12.3. The van der Waals surface area contributed by atoms with Gasteiger partial charge in [-0.2, -0.15) is 0 Å². The van der Waals surface area contributed by atoms with Crippen molar-refractivity contribution in [2.75, 3.05) is 6.54 Å². The second kappa shape index (κ2) is 4.90. The van der Waals surface area contributed by atoms with E-state index < -0.39 is 11.9 Å². The second-order valence-corrected chi connectivity index (χ2v) is 5.00. The lowest BCUT2D eigenvalue weighted by Gasteiger charge is -2.38. The molecule has 0 radical (unpaired) electrons. The van der Waals surface area contributed by atoms with Gasteiger partial charge >= 0.3 is 5.97 Å². The number of carbonyl (C=O) groups excluding carboxylic acids is 1. The van der Waals surface area contributed by atoms with E-state index in [4.69, 9.17) is 5.11 Å². The first-order chi connectivity index (χ1) is 8.11. The van der Waals surface area contributed by atoms with Gasteiger partial charge in [0.25, 0.3) is 0 Å². The molecule has 2 rings (SSSR count). The molecular weight excluding hydrogens is 218 g/mol. The molecule has 0 spiro atoms. The molecule has 1 heterocycles. The molecule has 2 aliphatic rings. The van der Waals surface area contributed by atoms with Crippen LogP contribution < -0.4 is 0 Å². The fourth-order valence-corrected chi connectivity index (χ4v) is 2.84. The molecule has 0 unspecified atom stereocenters. The zero-order chi connectivity index (χ0) is 12.4. The molecule has 4 heteroatoms. The number of carboxylic acid groups (broad SMARTS) is 1. The van der Waals surface area contributed by atoms with Gasteiger partial charge in [0.2, 0.25) is 5.91 Å². The number of amides is 1. The van der Waals surface area contributed by atoms with Gasteiger partial charge in [0.1, 0.15) is 0 Å². The standard InChI is InChI=1S/C13H19NO3/c1-9-11(13(16)17)7-4-8-14(9)12(15)10-5-2-3-6-10/h2-3,9-11H,4-8H2,1H3,(H,16,17)/t9-,11-/m1/s1. The van der Waals surface area contributed by atoms with Crippen molar-refractivity contribution in [2.24, 2.45) is 11.8 Å². The summed E-state index contributed by atoms with van der Waals surface area (Å²) in [6, 6.07) is -0.172. The first-order valence-corrected chi connectivity index (χ1v) is 6.29. The third-order valence-electron chi connectivity index (χ3n) is 3.95. The Kier molecular flexibility index (Phi) is 3.50. The van der Waals surface area contributed by atoms with Crippen LogP contribution in [0, 0.1) is 11.8 Å². The lowest BCUT2D eigenvalue weighted by molar-refractivity contribution is -0.150. The van der Waals surface area contributed by atoms with E-state index in [9.17, 15) is 9.59 Å². The lowest BCUT2D eigenvalue weighted by Crippen LogP contribution is -2.50. The average molecular weight is 237 g/mol. The maximum absolute atomic E-state index is 12.3. The van der Waals surface area contributed by atoms with Crippen LogP contribution >= 0.6 is 0 Å². The highest BCUT2D eigenvalue weighted by Crippen LogP contribution is 2.28. The number of rotatable bonds is 2. The molecule has 1 aliphatic carbocycles. The summed E-state index contributed by atoms with van der Waals surface area (Å²) in [6.45, 7) is 2.57. The number of likely N-dealkylation sites (tertiary alicyclic amines) is 1. The smallest absolute Gasteiger partial charge is 0.308 e. The zero-order valence-corrected chi connectivity index (χ0v) is 10.1. The number of nitrogens with zero attached hydrogens (tertiary/aromatic N) is 1. The highest BCUT2D eigenvalue weighted by molar-refractivity contribution is 5.81. The van der Waals surface area contributed by atoms with Gasteiger partial charge in [-0.3, -0.25) is 9.59 Å². The first kappa shape index (κ1) is 12.1. The molecule has 0 saturated carbocycles. The molecule has 0 aromatic heterocycles. The lowest BCUT2D eigenvalue weighted by atomic mass is 9.89. The number of aliphatic carboxylic acids is 1. The van der Waals surface area contributed by atoms with Crippen LogP contribution in [0.4, 0.5) is 0 Å². The molecule has 0 aromatic carbocycles. The molecule has 17 heavy (non-hydrogen) atoms. The van der Waals surface area contributed by atoms with E-state index >= 15 is 0 Å². The summed E-state index contributed by atoms with van der Waals surface area (Å²) in [5, 5.41) is 9.12. The van der Waals surface area contributed by atoms with Gasteiger partial charge in [0, 0.05) is 18.5 Å². The van der Waals surface area contributed by atoms with Crippen LogP contribution in [0.1, 0.15) is 32.6 Å². The molecule has 1 amide bonds. The summed E-state index contributed by atoms with van der Waals surface area (Å²) in [7, 11) is 0. The van der Waals surface area contributed by atoms with Crippen molar-refractivity contribution in [2.45, 2.75) is 38.6 Å². The molecule has 2 atom stereocenters. The Balaban J connectivity index is 2.04. The average Bonchev–Trinajstić information content (AvgIpc) is 2.81. The van der Waals surface area contributed by atoms with Crippen molar-refractivity contribution in [3.05, 3.63) is 12.2 Å². The van der Waals surface area contributed by atoms with Crippen LogP contribution in [0.2, 0.25) is 0 Å². The topological polar surface area (TPSA) is 57.6 Å². The molecule has 1 saturated heterocycles. The summed E-state index contributed by atoms with van der Waals surface area (Å²) in [6.07, 6.45) is 7.16. The Morgan fingerprint density at radius 1 is 1.29 bits per heavy atom. The molecule has 0 aromatic rings. The van der Waals surface area contributed by atoms with Crippen LogP contribution in [0.15, 0.2) is 12.2 Å². The van der Waals surface area contributed by atoms with Gasteiger partial charge in [-0.25, -0.2) is 0 Å². The van der Waals surface area contributed by atoms with Gasteiger partial charge in [0.05, 0.1) is 5.92 Å². The van der Waals surface area contributed by atoms with Crippen LogP contribution in [0.3, 0.4) is 0 Å². The molecule has 1 aliphatic heterocycles. The van der Waals surface area contributed by atoms with Gasteiger partial charge in [-0.05, 0) is 32.6 Å². The number of carboxylic acids is 1. The predicted molar refractivity (Wildman–Crippen MR) is 63.4 cm³/mol. The first-order valence-electron chi connectivity index (χ1n) is 6.29. The fourth-order valence-electron chi connectivity index (χ4n) is 2.84. The van der Waals surface area contributed by atoms with Gasteiger partial charge in [-0.1, -0.05) is 12.2 Å². The van der Waals surface area contributed by atoms with Crippen molar-refractivity contribution in [3.8, 4) is 0 Å². The molecular formula is C13H19NO3. The SMILES string of the molecule is C[C@@H]1[C@H](C(=O)O)CCCN1C(=O)C1CC=CC1. The van der Waals surface area contributed by atoms with Crippen LogP contribution in [0.5, 0.6) is 0 Å². The van der Waals surface area contributed by atoms with E-state index in [1.54, 1.807) is 4.90 Å². The third kappa shape index (κ3) is 2.35. The minimum atomic E-state index is -0.778. The second-order valence-electron chi connectivity index (χ2n) is 5.00. The highest BCUT2D eigenvalue weighted by Gasteiger charge is 2.37. The van der Waals surface area contributed by atoms with E-state index in [1.807, 2.05) is 19.1 Å². The third-order valence-corrected chi connectivity index (χ3v) is 3.95. The summed E-state index contributed by atoms with van der Waals surface area (Å²) in [4.78, 5) is 25.2. The number of piperidine rings is 1. The summed E-state index contributed by atoms with van der Waals surface area (Å²) in [5.41, 5.74) is 0.